The fraction of sp³-hybridized carbons (Fsp3) is 0.200. The molecular weight excluding hydrogens is 238 g/mol. The van der Waals surface area contributed by atoms with Crippen LogP contribution < -0.4 is 10.2 Å². The summed E-state index contributed by atoms with van der Waals surface area (Å²) in [7, 11) is 3.93. The molecule has 98 valence electrons. The first-order valence-electron chi connectivity index (χ1n) is 6.08. The van der Waals surface area contributed by atoms with E-state index in [1.807, 2.05) is 50.2 Å². The Bertz CT molecular complexity index is 576. The Kier molecular flexibility index (Phi) is 3.80. The zero-order chi connectivity index (χ0) is 13.8. The number of carbonyl (C=O) groups is 1. The third-order valence-electron chi connectivity index (χ3n) is 2.78. The molecule has 0 aliphatic rings. The highest BCUT2D eigenvalue weighted by atomic mass is 16.1. The minimum atomic E-state index is -0.150. The molecule has 0 bridgehead atoms. The zero-order valence-corrected chi connectivity index (χ0v) is 11.3. The van der Waals surface area contributed by atoms with Crippen molar-refractivity contribution in [1.29, 1.82) is 0 Å². The van der Waals surface area contributed by atoms with E-state index in [9.17, 15) is 4.79 Å². The number of amides is 1. The summed E-state index contributed by atoms with van der Waals surface area (Å²) in [4.78, 5) is 18.3. The van der Waals surface area contributed by atoms with E-state index in [0.29, 0.717) is 11.4 Å². The molecule has 2 rings (SSSR count). The lowest BCUT2D eigenvalue weighted by molar-refractivity contribution is 0.102. The van der Waals surface area contributed by atoms with Gasteiger partial charge in [0, 0.05) is 31.0 Å². The monoisotopic (exact) mass is 255 g/mol. The molecule has 19 heavy (non-hydrogen) atoms. The van der Waals surface area contributed by atoms with Crippen molar-refractivity contribution in [2.75, 3.05) is 24.3 Å². The summed E-state index contributed by atoms with van der Waals surface area (Å²) < 4.78 is 0. The van der Waals surface area contributed by atoms with Gasteiger partial charge in [-0.25, -0.2) is 4.98 Å². The molecule has 1 amide bonds. The zero-order valence-electron chi connectivity index (χ0n) is 11.3. The van der Waals surface area contributed by atoms with Gasteiger partial charge in [0.05, 0.1) is 0 Å². The van der Waals surface area contributed by atoms with Crippen LogP contribution in [0.2, 0.25) is 0 Å². The van der Waals surface area contributed by atoms with E-state index in [4.69, 9.17) is 0 Å². The third kappa shape index (κ3) is 3.31. The minimum absolute atomic E-state index is 0.150. The van der Waals surface area contributed by atoms with Crippen molar-refractivity contribution in [2.45, 2.75) is 6.92 Å². The average Bonchev–Trinajstić information content (AvgIpc) is 2.39. The number of aromatic nitrogens is 1. The Hall–Kier alpha value is -2.36. The molecule has 0 fully saturated rings. The number of anilines is 2. The highest BCUT2D eigenvalue weighted by Gasteiger charge is 2.07. The molecule has 0 saturated carbocycles. The smallest absolute Gasteiger partial charge is 0.256 e. The molecule has 4 nitrogen and oxygen atoms in total. The normalized spacial score (nSPS) is 10.1. The van der Waals surface area contributed by atoms with Gasteiger partial charge in [0.25, 0.3) is 5.91 Å². The molecule has 1 N–H and O–H groups in total. The Morgan fingerprint density at radius 2 is 1.79 bits per heavy atom. The van der Waals surface area contributed by atoms with Crippen LogP contribution in [0.25, 0.3) is 0 Å². The number of nitrogens with zero attached hydrogens (tertiary/aromatic N) is 2. The number of hydrogen-bond acceptors (Lipinski definition) is 3. The molecule has 4 heteroatoms. The molecule has 0 aliphatic heterocycles. The lowest BCUT2D eigenvalue weighted by Crippen LogP contribution is -2.14. The van der Waals surface area contributed by atoms with Crippen molar-refractivity contribution in [1.82, 2.24) is 4.98 Å². The van der Waals surface area contributed by atoms with Gasteiger partial charge in [-0.15, -0.1) is 0 Å². The van der Waals surface area contributed by atoms with Crippen LogP contribution in [0.5, 0.6) is 0 Å². The Balaban J connectivity index is 2.11. The summed E-state index contributed by atoms with van der Waals surface area (Å²) in [5, 5.41) is 2.78. The average molecular weight is 255 g/mol. The second-order valence-corrected chi connectivity index (χ2v) is 4.56. The van der Waals surface area contributed by atoms with Crippen LogP contribution in [-0.4, -0.2) is 25.0 Å². The van der Waals surface area contributed by atoms with E-state index in [1.54, 1.807) is 18.2 Å². The first-order valence-corrected chi connectivity index (χ1v) is 6.08. The number of pyridine rings is 1. The molecule has 0 radical (unpaired) electrons. The maximum Gasteiger partial charge on any atom is 0.256 e. The lowest BCUT2D eigenvalue weighted by atomic mass is 10.2. The molecule has 0 aliphatic carbocycles. The maximum absolute atomic E-state index is 12.0. The van der Waals surface area contributed by atoms with Gasteiger partial charge in [-0.1, -0.05) is 6.07 Å². The van der Waals surface area contributed by atoms with Crippen molar-refractivity contribution in [3.05, 3.63) is 53.7 Å². The first kappa shape index (κ1) is 13.1. The predicted octanol–water partition coefficient (Wildman–Crippen LogP) is 2.71. The molecular formula is C15H17N3O. The van der Waals surface area contributed by atoms with Crippen LogP contribution in [-0.2, 0) is 0 Å². The van der Waals surface area contributed by atoms with Gasteiger partial charge in [-0.05, 0) is 43.3 Å². The highest BCUT2D eigenvalue weighted by molar-refractivity contribution is 6.03. The molecule has 0 spiro atoms. The summed E-state index contributed by atoms with van der Waals surface area (Å²) in [6, 6.07) is 13.0. The summed E-state index contributed by atoms with van der Waals surface area (Å²) in [5.74, 6) is 0.421. The lowest BCUT2D eigenvalue weighted by Gasteiger charge is -2.12. The standard InChI is InChI=1S/C15H17N3O/c1-11-5-4-6-14(16-11)17-15(19)12-7-9-13(10-8-12)18(2)3/h4-10H,1-3H3,(H,16,17,19). The second-order valence-electron chi connectivity index (χ2n) is 4.56. The number of aryl methyl sites for hydroxylation is 1. The molecule has 1 heterocycles. The maximum atomic E-state index is 12.0. The van der Waals surface area contributed by atoms with Gasteiger partial charge >= 0.3 is 0 Å². The third-order valence-corrected chi connectivity index (χ3v) is 2.78. The van der Waals surface area contributed by atoms with Crippen LogP contribution in [0.4, 0.5) is 11.5 Å². The Morgan fingerprint density at radius 3 is 2.37 bits per heavy atom. The van der Waals surface area contributed by atoms with E-state index in [1.165, 1.54) is 0 Å². The van der Waals surface area contributed by atoms with E-state index in [2.05, 4.69) is 10.3 Å². The summed E-state index contributed by atoms with van der Waals surface area (Å²) in [5.41, 5.74) is 2.56. The van der Waals surface area contributed by atoms with Crippen molar-refractivity contribution < 1.29 is 4.79 Å². The summed E-state index contributed by atoms with van der Waals surface area (Å²) >= 11 is 0. The van der Waals surface area contributed by atoms with Gasteiger partial charge < -0.3 is 10.2 Å². The first-order chi connectivity index (χ1) is 9.06. The van der Waals surface area contributed by atoms with Crippen molar-refractivity contribution in [3.8, 4) is 0 Å². The quantitative estimate of drug-likeness (QED) is 0.917. The van der Waals surface area contributed by atoms with Crippen LogP contribution in [0.15, 0.2) is 42.5 Å². The topological polar surface area (TPSA) is 45.2 Å². The fourth-order valence-electron chi connectivity index (χ4n) is 1.71. The summed E-state index contributed by atoms with van der Waals surface area (Å²) in [6.07, 6.45) is 0. The van der Waals surface area contributed by atoms with Crippen molar-refractivity contribution >= 4 is 17.4 Å². The number of benzene rings is 1. The molecule has 0 saturated heterocycles. The number of nitrogens with one attached hydrogen (secondary N) is 1. The van der Waals surface area contributed by atoms with E-state index < -0.39 is 0 Å². The van der Waals surface area contributed by atoms with Gasteiger partial charge in [0.1, 0.15) is 5.82 Å². The minimum Gasteiger partial charge on any atom is -0.378 e. The summed E-state index contributed by atoms with van der Waals surface area (Å²) in [6.45, 7) is 1.89. The number of carbonyl (C=O) groups excluding carboxylic acids is 1. The molecule has 0 atom stereocenters. The number of hydrogen-bond donors (Lipinski definition) is 1. The molecule has 1 aromatic heterocycles. The van der Waals surface area contributed by atoms with Crippen LogP contribution >= 0.6 is 0 Å². The molecule has 0 unspecified atom stereocenters. The fourth-order valence-corrected chi connectivity index (χ4v) is 1.71. The molecule has 2 aromatic rings. The molecule has 1 aromatic carbocycles. The Labute approximate surface area is 113 Å². The Morgan fingerprint density at radius 1 is 1.11 bits per heavy atom. The van der Waals surface area contributed by atoms with Crippen LogP contribution in [0.3, 0.4) is 0 Å². The van der Waals surface area contributed by atoms with Gasteiger partial charge in [0.2, 0.25) is 0 Å². The largest absolute Gasteiger partial charge is 0.378 e. The highest BCUT2D eigenvalue weighted by Crippen LogP contribution is 2.13. The van der Waals surface area contributed by atoms with Gasteiger partial charge in [-0.2, -0.15) is 0 Å². The predicted molar refractivity (Wildman–Crippen MR) is 77.7 cm³/mol. The van der Waals surface area contributed by atoms with E-state index in [-0.39, 0.29) is 5.91 Å². The second kappa shape index (κ2) is 5.52. The van der Waals surface area contributed by atoms with Crippen LogP contribution in [0.1, 0.15) is 16.1 Å². The van der Waals surface area contributed by atoms with E-state index >= 15 is 0 Å². The van der Waals surface area contributed by atoms with Crippen molar-refractivity contribution in [2.24, 2.45) is 0 Å². The van der Waals surface area contributed by atoms with Gasteiger partial charge in [0.15, 0.2) is 0 Å². The van der Waals surface area contributed by atoms with Crippen LogP contribution in [0, 0.1) is 6.92 Å². The van der Waals surface area contributed by atoms with Gasteiger partial charge in [-0.3, -0.25) is 4.79 Å². The van der Waals surface area contributed by atoms with Crippen molar-refractivity contribution in [3.63, 3.8) is 0 Å². The number of rotatable bonds is 3. The SMILES string of the molecule is Cc1cccc(NC(=O)c2ccc(N(C)C)cc2)n1. The van der Waals surface area contributed by atoms with E-state index in [0.717, 1.165) is 11.4 Å².